The van der Waals surface area contributed by atoms with Crippen LogP contribution in [0.5, 0.6) is 0 Å². The second-order valence-electron chi connectivity index (χ2n) is 6.19. The zero-order valence-electron chi connectivity index (χ0n) is 14.8. The third-order valence-corrected chi connectivity index (χ3v) is 4.32. The molecule has 8 heteroatoms. The van der Waals surface area contributed by atoms with Crippen molar-refractivity contribution in [1.82, 2.24) is 10.6 Å². The molecule has 2 aromatic carbocycles. The lowest BCUT2D eigenvalue weighted by atomic mass is 9.94. The monoisotopic (exact) mass is 366 g/mol. The summed E-state index contributed by atoms with van der Waals surface area (Å²) in [5.74, 6) is -0.397. The Morgan fingerprint density at radius 1 is 1.15 bits per heavy atom. The number of anilines is 1. The Bertz CT molecular complexity index is 968. The van der Waals surface area contributed by atoms with Crippen LogP contribution in [0.15, 0.2) is 59.8 Å². The highest BCUT2D eigenvalue weighted by Gasteiger charge is 2.32. The van der Waals surface area contributed by atoms with Crippen molar-refractivity contribution in [3.8, 4) is 0 Å². The van der Waals surface area contributed by atoms with Crippen molar-refractivity contribution in [2.75, 3.05) is 5.32 Å². The van der Waals surface area contributed by atoms with Gasteiger partial charge >= 0.3 is 6.03 Å². The molecule has 1 aliphatic heterocycles. The zero-order valence-corrected chi connectivity index (χ0v) is 14.8. The normalized spacial score (nSPS) is 16.4. The molecule has 0 radical (unpaired) electrons. The summed E-state index contributed by atoms with van der Waals surface area (Å²) in [6, 6.07) is 11.9. The van der Waals surface area contributed by atoms with E-state index < -0.39 is 22.9 Å². The van der Waals surface area contributed by atoms with Crippen molar-refractivity contribution in [3.63, 3.8) is 0 Å². The molecule has 1 atom stereocenters. The minimum absolute atomic E-state index is 0.114. The Labute approximate surface area is 155 Å². The van der Waals surface area contributed by atoms with Crippen molar-refractivity contribution >= 4 is 23.3 Å². The maximum atomic E-state index is 12.9. The molecule has 0 saturated heterocycles. The lowest BCUT2D eigenvalue weighted by molar-refractivity contribution is -0.384. The zero-order chi connectivity index (χ0) is 19.6. The number of nitro groups is 1. The average molecular weight is 366 g/mol. The summed E-state index contributed by atoms with van der Waals surface area (Å²) in [5.41, 5.74) is 2.56. The van der Waals surface area contributed by atoms with E-state index in [2.05, 4.69) is 16.0 Å². The van der Waals surface area contributed by atoms with Crippen LogP contribution in [0.1, 0.15) is 24.1 Å². The molecule has 0 spiro atoms. The maximum Gasteiger partial charge on any atom is 0.319 e. The molecule has 2 aromatic rings. The summed E-state index contributed by atoms with van der Waals surface area (Å²) in [6.45, 7) is 3.49. The number of hydrogen-bond donors (Lipinski definition) is 3. The van der Waals surface area contributed by atoms with Crippen LogP contribution in [0.4, 0.5) is 16.2 Å². The molecule has 3 amide bonds. The molecule has 3 rings (SSSR count). The molecule has 138 valence electrons. The number of allylic oxidation sites excluding steroid dienone is 1. The van der Waals surface area contributed by atoms with Crippen LogP contribution in [-0.2, 0) is 4.79 Å². The minimum atomic E-state index is -0.803. The van der Waals surface area contributed by atoms with E-state index >= 15 is 0 Å². The fraction of sp³-hybridized carbons (Fsp3) is 0.158. The second-order valence-corrected chi connectivity index (χ2v) is 6.19. The Morgan fingerprint density at radius 3 is 2.59 bits per heavy atom. The molecule has 27 heavy (non-hydrogen) atoms. The standard InChI is InChI=1S/C19H18N4O4/c1-11-6-3-4-9-15(11)21-18(24)16-12(2)20-19(25)22-17(16)13-7-5-8-14(10-13)23(26)27/h3-10,17H,1-2H3,(H,21,24)(H2,20,22,25). The predicted octanol–water partition coefficient (Wildman–Crippen LogP) is 3.17. The lowest BCUT2D eigenvalue weighted by Crippen LogP contribution is -2.46. The Balaban J connectivity index is 1.99. The molecule has 0 aliphatic carbocycles. The van der Waals surface area contributed by atoms with Gasteiger partial charge in [-0.2, -0.15) is 0 Å². The number of para-hydroxylation sites is 1. The van der Waals surface area contributed by atoms with E-state index in [-0.39, 0.29) is 5.69 Å². The molecular weight excluding hydrogens is 348 g/mol. The Morgan fingerprint density at radius 2 is 1.89 bits per heavy atom. The molecule has 1 unspecified atom stereocenters. The lowest BCUT2D eigenvalue weighted by Gasteiger charge is -2.28. The number of non-ortho nitro benzene ring substituents is 1. The van der Waals surface area contributed by atoms with E-state index in [9.17, 15) is 19.7 Å². The van der Waals surface area contributed by atoms with E-state index in [1.54, 1.807) is 19.1 Å². The number of benzene rings is 2. The number of nitro benzene ring substituents is 1. The molecule has 1 aliphatic rings. The third kappa shape index (κ3) is 3.79. The van der Waals surface area contributed by atoms with Crippen LogP contribution in [0, 0.1) is 17.0 Å². The SMILES string of the molecule is CC1=C(C(=O)Nc2ccccc2C)C(c2cccc([N+](=O)[O-])c2)NC(=O)N1. The first kappa shape index (κ1) is 18.1. The molecule has 3 N–H and O–H groups in total. The summed E-state index contributed by atoms with van der Waals surface area (Å²) in [6.07, 6.45) is 0. The van der Waals surface area contributed by atoms with Gasteiger partial charge in [-0.15, -0.1) is 0 Å². The molecule has 0 bridgehead atoms. The van der Waals surface area contributed by atoms with Gasteiger partial charge in [-0.25, -0.2) is 4.79 Å². The summed E-state index contributed by atoms with van der Waals surface area (Å²) in [7, 11) is 0. The smallest absolute Gasteiger partial charge is 0.319 e. The Kier molecular flexibility index (Phi) is 4.89. The number of hydrogen-bond acceptors (Lipinski definition) is 4. The van der Waals surface area contributed by atoms with Gasteiger partial charge in [-0.05, 0) is 31.0 Å². The maximum absolute atomic E-state index is 12.9. The van der Waals surface area contributed by atoms with Crippen LogP contribution < -0.4 is 16.0 Å². The second kappa shape index (κ2) is 7.28. The van der Waals surface area contributed by atoms with Gasteiger partial charge in [0.25, 0.3) is 11.6 Å². The van der Waals surface area contributed by atoms with Crippen molar-refractivity contribution < 1.29 is 14.5 Å². The van der Waals surface area contributed by atoms with E-state index in [1.807, 2.05) is 25.1 Å². The van der Waals surface area contributed by atoms with Crippen LogP contribution in [-0.4, -0.2) is 16.9 Å². The molecule has 0 fully saturated rings. The van der Waals surface area contributed by atoms with Gasteiger partial charge in [0.2, 0.25) is 0 Å². The number of carbonyl (C=O) groups is 2. The molecule has 8 nitrogen and oxygen atoms in total. The van der Waals surface area contributed by atoms with Crippen molar-refractivity contribution in [2.45, 2.75) is 19.9 Å². The van der Waals surface area contributed by atoms with Crippen LogP contribution in [0.25, 0.3) is 0 Å². The number of amides is 3. The number of urea groups is 1. The number of nitrogens with zero attached hydrogens (tertiary/aromatic N) is 1. The minimum Gasteiger partial charge on any atom is -0.327 e. The van der Waals surface area contributed by atoms with E-state index in [0.717, 1.165) is 5.56 Å². The van der Waals surface area contributed by atoms with Crippen molar-refractivity contribution in [1.29, 1.82) is 0 Å². The Hall–Kier alpha value is -3.68. The summed E-state index contributed by atoms with van der Waals surface area (Å²) in [5, 5.41) is 19.2. The number of nitrogens with one attached hydrogen (secondary N) is 3. The van der Waals surface area contributed by atoms with Crippen LogP contribution in [0.3, 0.4) is 0 Å². The van der Waals surface area contributed by atoms with Gasteiger partial charge in [0.05, 0.1) is 16.5 Å². The summed E-state index contributed by atoms with van der Waals surface area (Å²) >= 11 is 0. The first-order chi connectivity index (χ1) is 12.9. The van der Waals surface area contributed by atoms with Gasteiger partial charge in [0.15, 0.2) is 0 Å². The molecule has 0 saturated carbocycles. The summed E-state index contributed by atoms with van der Waals surface area (Å²) < 4.78 is 0. The van der Waals surface area contributed by atoms with E-state index in [1.165, 1.54) is 18.2 Å². The third-order valence-electron chi connectivity index (χ3n) is 4.32. The topological polar surface area (TPSA) is 113 Å². The van der Waals surface area contributed by atoms with Gasteiger partial charge in [-0.3, -0.25) is 14.9 Å². The van der Waals surface area contributed by atoms with Gasteiger partial charge in [0, 0.05) is 23.5 Å². The largest absolute Gasteiger partial charge is 0.327 e. The van der Waals surface area contributed by atoms with Crippen LogP contribution in [0.2, 0.25) is 0 Å². The molecular formula is C19H18N4O4. The molecule has 0 aromatic heterocycles. The van der Waals surface area contributed by atoms with Crippen molar-refractivity contribution in [2.24, 2.45) is 0 Å². The van der Waals surface area contributed by atoms with Gasteiger partial charge in [0.1, 0.15) is 0 Å². The number of rotatable bonds is 4. The fourth-order valence-corrected chi connectivity index (χ4v) is 2.97. The van der Waals surface area contributed by atoms with E-state index in [4.69, 9.17) is 0 Å². The quantitative estimate of drug-likeness (QED) is 0.570. The average Bonchev–Trinajstić information content (AvgIpc) is 2.63. The van der Waals surface area contributed by atoms with Crippen molar-refractivity contribution in [3.05, 3.63) is 81.0 Å². The van der Waals surface area contributed by atoms with Gasteiger partial charge in [-0.1, -0.05) is 30.3 Å². The highest BCUT2D eigenvalue weighted by atomic mass is 16.6. The highest BCUT2D eigenvalue weighted by Crippen LogP contribution is 2.30. The molecule has 1 heterocycles. The van der Waals surface area contributed by atoms with Gasteiger partial charge < -0.3 is 16.0 Å². The first-order valence-corrected chi connectivity index (χ1v) is 8.26. The summed E-state index contributed by atoms with van der Waals surface area (Å²) in [4.78, 5) is 35.4. The van der Waals surface area contributed by atoms with Crippen LogP contribution >= 0.6 is 0 Å². The first-order valence-electron chi connectivity index (χ1n) is 8.26. The predicted molar refractivity (Wildman–Crippen MR) is 100 cm³/mol. The van der Waals surface area contributed by atoms with E-state index in [0.29, 0.717) is 22.5 Å². The number of carbonyl (C=O) groups excluding carboxylic acids is 2. The fourth-order valence-electron chi connectivity index (χ4n) is 2.97. The number of aryl methyl sites for hydroxylation is 1. The highest BCUT2D eigenvalue weighted by molar-refractivity contribution is 6.07.